The molecule has 18 heavy (non-hydrogen) atoms. The maximum absolute atomic E-state index is 14.1. The Bertz CT molecular complexity index is 444. The lowest BCUT2D eigenvalue weighted by atomic mass is 10.1. The second kappa shape index (κ2) is 5.22. The number of anilines is 3. The molecule has 0 heterocycles. The number of nitrogens with two attached hydrogens (primary N) is 2. The Labute approximate surface area is 112 Å². The summed E-state index contributed by atoms with van der Waals surface area (Å²) in [6, 6.07) is 1.52. The van der Waals surface area contributed by atoms with Crippen molar-refractivity contribution in [2.75, 3.05) is 30.0 Å². The van der Waals surface area contributed by atoms with Gasteiger partial charge in [-0.1, -0.05) is 24.4 Å². The van der Waals surface area contributed by atoms with E-state index in [2.05, 4.69) is 0 Å². The Morgan fingerprint density at radius 2 is 1.94 bits per heavy atom. The van der Waals surface area contributed by atoms with Crippen LogP contribution in [0.2, 0.25) is 5.02 Å². The van der Waals surface area contributed by atoms with Gasteiger partial charge in [-0.2, -0.15) is 0 Å². The van der Waals surface area contributed by atoms with E-state index in [1.165, 1.54) is 31.7 Å². The Hall–Kier alpha value is -1.16. The van der Waals surface area contributed by atoms with E-state index < -0.39 is 5.82 Å². The molecule has 0 spiro atoms. The van der Waals surface area contributed by atoms with Crippen LogP contribution in [0.15, 0.2) is 6.07 Å². The number of nitrogens with zero attached hydrogens (tertiary/aromatic N) is 1. The van der Waals surface area contributed by atoms with Gasteiger partial charge in [-0.05, 0) is 24.8 Å². The average molecular weight is 272 g/mol. The van der Waals surface area contributed by atoms with Crippen LogP contribution >= 0.6 is 11.6 Å². The van der Waals surface area contributed by atoms with Crippen LogP contribution in [0.1, 0.15) is 25.7 Å². The third-order valence-electron chi connectivity index (χ3n) is 3.63. The summed E-state index contributed by atoms with van der Waals surface area (Å²) < 4.78 is 14.1. The lowest BCUT2D eigenvalue weighted by molar-refractivity contribution is 0.539. The summed E-state index contributed by atoms with van der Waals surface area (Å²) >= 11 is 5.83. The maximum Gasteiger partial charge on any atom is 0.169 e. The minimum Gasteiger partial charge on any atom is -0.397 e. The highest BCUT2D eigenvalue weighted by Crippen LogP contribution is 2.37. The fourth-order valence-electron chi connectivity index (χ4n) is 2.72. The smallest absolute Gasteiger partial charge is 0.169 e. The molecule has 1 aromatic rings. The van der Waals surface area contributed by atoms with Crippen molar-refractivity contribution in [3.63, 3.8) is 0 Å². The third-order valence-corrected chi connectivity index (χ3v) is 4.01. The summed E-state index contributed by atoms with van der Waals surface area (Å²) in [5, 5.41) is -0.0440. The van der Waals surface area contributed by atoms with Gasteiger partial charge in [0.25, 0.3) is 0 Å². The van der Waals surface area contributed by atoms with Crippen molar-refractivity contribution in [3.05, 3.63) is 16.9 Å². The summed E-state index contributed by atoms with van der Waals surface area (Å²) in [6.07, 6.45) is 4.93. The number of hydrogen-bond donors (Lipinski definition) is 2. The zero-order valence-corrected chi connectivity index (χ0v) is 11.3. The fourth-order valence-corrected chi connectivity index (χ4v) is 2.86. The van der Waals surface area contributed by atoms with E-state index in [9.17, 15) is 4.39 Å². The standard InChI is InChI=1S/C13H19ClFN3/c1-18(7-8-4-2-3-5-8)13-10(17)6-9(16)11(14)12(13)15/h6,8H,2-5,7,16-17H2,1H3. The van der Waals surface area contributed by atoms with E-state index in [4.69, 9.17) is 23.1 Å². The Morgan fingerprint density at radius 3 is 2.56 bits per heavy atom. The number of halogens is 2. The predicted molar refractivity (Wildman–Crippen MR) is 75.5 cm³/mol. The van der Waals surface area contributed by atoms with Crippen molar-refractivity contribution in [2.45, 2.75) is 25.7 Å². The molecular weight excluding hydrogens is 253 g/mol. The molecule has 0 atom stereocenters. The highest BCUT2D eigenvalue weighted by molar-refractivity contribution is 6.33. The summed E-state index contributed by atoms with van der Waals surface area (Å²) in [5.74, 6) is 0.0970. The Morgan fingerprint density at radius 1 is 1.33 bits per heavy atom. The van der Waals surface area contributed by atoms with E-state index in [0.717, 1.165) is 6.54 Å². The van der Waals surface area contributed by atoms with Gasteiger partial charge in [0, 0.05) is 13.6 Å². The van der Waals surface area contributed by atoms with Gasteiger partial charge >= 0.3 is 0 Å². The first-order valence-electron chi connectivity index (χ1n) is 6.24. The molecule has 4 N–H and O–H groups in total. The average Bonchev–Trinajstić information content (AvgIpc) is 2.78. The van der Waals surface area contributed by atoms with E-state index >= 15 is 0 Å². The zero-order chi connectivity index (χ0) is 13.3. The minimum atomic E-state index is -0.519. The molecule has 3 nitrogen and oxygen atoms in total. The van der Waals surface area contributed by atoms with E-state index in [0.29, 0.717) is 17.3 Å². The molecule has 0 unspecified atom stereocenters. The van der Waals surface area contributed by atoms with Crippen molar-refractivity contribution in [1.29, 1.82) is 0 Å². The first-order chi connectivity index (χ1) is 8.50. The first-order valence-corrected chi connectivity index (χ1v) is 6.62. The monoisotopic (exact) mass is 271 g/mol. The van der Waals surface area contributed by atoms with Crippen LogP contribution < -0.4 is 16.4 Å². The van der Waals surface area contributed by atoms with Gasteiger partial charge in [0.1, 0.15) is 5.02 Å². The van der Waals surface area contributed by atoms with Crippen molar-refractivity contribution in [1.82, 2.24) is 0 Å². The number of nitrogen functional groups attached to an aromatic ring is 2. The summed E-state index contributed by atoms with van der Waals surface area (Å²) in [5.41, 5.74) is 12.3. The van der Waals surface area contributed by atoms with Crippen molar-refractivity contribution in [2.24, 2.45) is 5.92 Å². The van der Waals surface area contributed by atoms with Crippen LogP contribution in [-0.2, 0) is 0 Å². The molecule has 0 saturated heterocycles. The molecule has 1 aliphatic carbocycles. The Kier molecular flexibility index (Phi) is 3.85. The molecule has 5 heteroatoms. The minimum absolute atomic E-state index is 0.0440. The molecule has 1 aromatic carbocycles. The van der Waals surface area contributed by atoms with Gasteiger partial charge in [-0.15, -0.1) is 0 Å². The Balaban J connectivity index is 2.23. The maximum atomic E-state index is 14.1. The van der Waals surface area contributed by atoms with Crippen molar-refractivity contribution in [3.8, 4) is 0 Å². The van der Waals surface area contributed by atoms with Crippen molar-refractivity contribution < 1.29 is 4.39 Å². The van der Waals surface area contributed by atoms with Gasteiger partial charge in [-0.3, -0.25) is 0 Å². The normalized spacial score (nSPS) is 16.2. The van der Waals surface area contributed by atoms with Crippen LogP contribution in [0.5, 0.6) is 0 Å². The van der Waals surface area contributed by atoms with E-state index in [-0.39, 0.29) is 10.7 Å². The van der Waals surface area contributed by atoms with E-state index in [1.54, 1.807) is 0 Å². The zero-order valence-electron chi connectivity index (χ0n) is 10.5. The molecule has 1 fully saturated rings. The fraction of sp³-hybridized carbons (Fsp3) is 0.538. The van der Waals surface area contributed by atoms with Gasteiger partial charge in [0.05, 0.1) is 17.1 Å². The lowest BCUT2D eigenvalue weighted by Gasteiger charge is -2.25. The molecule has 0 radical (unpaired) electrons. The molecule has 0 aromatic heterocycles. The van der Waals surface area contributed by atoms with Crippen LogP contribution in [0.4, 0.5) is 21.5 Å². The number of hydrogen-bond acceptors (Lipinski definition) is 3. The van der Waals surface area contributed by atoms with Gasteiger partial charge < -0.3 is 16.4 Å². The highest BCUT2D eigenvalue weighted by atomic mass is 35.5. The van der Waals surface area contributed by atoms with Gasteiger partial charge in [-0.25, -0.2) is 4.39 Å². The summed E-state index contributed by atoms with van der Waals surface area (Å²) in [6.45, 7) is 0.807. The topological polar surface area (TPSA) is 55.3 Å². The molecule has 2 rings (SSSR count). The largest absolute Gasteiger partial charge is 0.397 e. The van der Waals surface area contributed by atoms with Gasteiger partial charge in [0.15, 0.2) is 5.82 Å². The van der Waals surface area contributed by atoms with Crippen LogP contribution in [0.25, 0.3) is 0 Å². The van der Waals surface area contributed by atoms with Crippen LogP contribution in [-0.4, -0.2) is 13.6 Å². The second-order valence-electron chi connectivity index (χ2n) is 5.06. The number of rotatable bonds is 3. The molecular formula is C13H19ClFN3. The quantitative estimate of drug-likeness (QED) is 0.830. The molecule has 0 aliphatic heterocycles. The van der Waals surface area contributed by atoms with Gasteiger partial charge in [0.2, 0.25) is 0 Å². The number of benzene rings is 1. The van der Waals surface area contributed by atoms with Crippen LogP contribution in [0, 0.1) is 11.7 Å². The molecule has 1 saturated carbocycles. The van der Waals surface area contributed by atoms with Crippen LogP contribution in [0.3, 0.4) is 0 Å². The predicted octanol–water partition coefficient (Wildman–Crippen LogP) is 3.27. The third kappa shape index (κ3) is 2.48. The lowest BCUT2D eigenvalue weighted by Crippen LogP contribution is -2.26. The SMILES string of the molecule is CN(CC1CCCC1)c1c(N)cc(N)c(Cl)c1F. The molecule has 1 aliphatic rings. The molecule has 0 amide bonds. The summed E-state index contributed by atoms with van der Waals surface area (Å²) in [4.78, 5) is 1.85. The molecule has 0 bridgehead atoms. The highest BCUT2D eigenvalue weighted by Gasteiger charge is 2.22. The second-order valence-corrected chi connectivity index (χ2v) is 5.44. The first kappa shape index (κ1) is 13.3. The summed E-state index contributed by atoms with van der Waals surface area (Å²) in [7, 11) is 1.85. The van der Waals surface area contributed by atoms with Crippen molar-refractivity contribution >= 4 is 28.7 Å². The van der Waals surface area contributed by atoms with E-state index in [1.807, 2.05) is 11.9 Å². The molecule has 100 valence electrons.